The number of hydrogen-bond donors (Lipinski definition) is 0. The molecule has 3 aromatic heterocycles. The Hall–Kier alpha value is -8.41. The Kier molecular flexibility index (Phi) is 8.42. The number of nitrogens with zero attached hydrogens (tertiary/aromatic N) is 5. The van der Waals surface area contributed by atoms with Gasteiger partial charge in [-0.25, -0.2) is 15.0 Å². The number of benzene rings is 9. The van der Waals surface area contributed by atoms with Crippen LogP contribution in [0.4, 0.5) is 0 Å². The quantitative estimate of drug-likeness (QED) is 0.162. The van der Waals surface area contributed by atoms with Crippen LogP contribution in [0.2, 0.25) is 0 Å². The van der Waals surface area contributed by atoms with Gasteiger partial charge < -0.3 is 9.13 Å². The van der Waals surface area contributed by atoms with E-state index >= 15 is 0 Å². The summed E-state index contributed by atoms with van der Waals surface area (Å²) in [6.07, 6.45) is 0. The third kappa shape index (κ3) is 5.98. The molecule has 0 fully saturated rings. The Bertz CT molecular complexity index is 3610. The molecule has 62 heavy (non-hydrogen) atoms. The number of fused-ring (bicyclic) bond motifs is 6. The molecule has 0 atom stereocenters. The van der Waals surface area contributed by atoms with Crippen molar-refractivity contribution >= 4 is 43.6 Å². The molecule has 3 heterocycles. The SMILES string of the molecule is c1ccc(-c2ccc(-c3nc(-c4ccccc4)nc(-c4cccc(-n5c6ccccc6c6c(-c7ccc8c(c7)c7ccccc7n8-c7ccccc7)cccc65)c4)n3)cc2)cc1. The molecule has 12 aromatic rings. The topological polar surface area (TPSA) is 48.5 Å². The predicted molar refractivity (Wildman–Crippen MR) is 256 cm³/mol. The van der Waals surface area contributed by atoms with Gasteiger partial charge in [0.2, 0.25) is 0 Å². The summed E-state index contributed by atoms with van der Waals surface area (Å²) >= 11 is 0. The second-order valence-electron chi connectivity index (χ2n) is 15.6. The Balaban J connectivity index is 1.00. The summed E-state index contributed by atoms with van der Waals surface area (Å²) in [5.41, 5.74) is 14.3. The molecule has 12 rings (SSSR count). The van der Waals surface area contributed by atoms with Gasteiger partial charge in [-0.1, -0.05) is 170 Å². The monoisotopic (exact) mass is 791 g/mol. The first-order valence-corrected chi connectivity index (χ1v) is 20.9. The number of rotatable bonds is 7. The van der Waals surface area contributed by atoms with E-state index in [0.717, 1.165) is 44.7 Å². The summed E-state index contributed by atoms with van der Waals surface area (Å²) in [4.78, 5) is 15.3. The van der Waals surface area contributed by atoms with Crippen molar-refractivity contribution < 1.29 is 0 Å². The fourth-order valence-electron chi connectivity index (χ4n) is 9.11. The molecule has 5 heteroatoms. The van der Waals surface area contributed by atoms with Crippen molar-refractivity contribution in [3.05, 3.63) is 224 Å². The molecule has 0 aliphatic carbocycles. The fraction of sp³-hybridized carbons (Fsp3) is 0. The summed E-state index contributed by atoms with van der Waals surface area (Å²) in [6, 6.07) is 79.3. The summed E-state index contributed by atoms with van der Waals surface area (Å²) in [6.45, 7) is 0. The van der Waals surface area contributed by atoms with Crippen LogP contribution in [-0.2, 0) is 0 Å². The van der Waals surface area contributed by atoms with Gasteiger partial charge in [0.1, 0.15) is 0 Å². The van der Waals surface area contributed by atoms with E-state index in [2.05, 4.69) is 197 Å². The molecule has 5 nitrogen and oxygen atoms in total. The fourth-order valence-corrected chi connectivity index (χ4v) is 9.11. The van der Waals surface area contributed by atoms with E-state index in [1.54, 1.807) is 0 Å². The van der Waals surface area contributed by atoms with Crippen LogP contribution < -0.4 is 0 Å². The van der Waals surface area contributed by atoms with Gasteiger partial charge in [0.15, 0.2) is 17.5 Å². The minimum atomic E-state index is 0.618. The Morgan fingerprint density at radius 3 is 1.44 bits per heavy atom. The van der Waals surface area contributed by atoms with Gasteiger partial charge >= 0.3 is 0 Å². The molecule has 0 aliphatic rings. The molecule has 0 bridgehead atoms. The maximum atomic E-state index is 5.14. The normalized spacial score (nSPS) is 11.5. The third-order valence-corrected chi connectivity index (χ3v) is 12.0. The van der Waals surface area contributed by atoms with Crippen molar-refractivity contribution in [1.82, 2.24) is 24.1 Å². The molecule has 0 amide bonds. The predicted octanol–water partition coefficient (Wildman–Crippen LogP) is 14.4. The summed E-state index contributed by atoms with van der Waals surface area (Å²) in [5.74, 6) is 1.88. The molecule has 0 saturated carbocycles. The lowest BCUT2D eigenvalue weighted by molar-refractivity contribution is 1.07. The zero-order valence-corrected chi connectivity index (χ0v) is 33.6. The number of aromatic nitrogens is 5. The molecule has 0 spiro atoms. The average molecular weight is 792 g/mol. The van der Waals surface area contributed by atoms with Gasteiger partial charge in [-0.3, -0.25) is 0 Å². The van der Waals surface area contributed by atoms with E-state index in [4.69, 9.17) is 15.0 Å². The number of hydrogen-bond acceptors (Lipinski definition) is 3. The van der Waals surface area contributed by atoms with Crippen molar-refractivity contribution in [1.29, 1.82) is 0 Å². The largest absolute Gasteiger partial charge is 0.309 e. The van der Waals surface area contributed by atoms with Crippen molar-refractivity contribution in [2.45, 2.75) is 0 Å². The lowest BCUT2D eigenvalue weighted by Gasteiger charge is -2.12. The van der Waals surface area contributed by atoms with Crippen LogP contribution in [0, 0.1) is 0 Å². The van der Waals surface area contributed by atoms with Gasteiger partial charge in [-0.15, -0.1) is 0 Å². The minimum absolute atomic E-state index is 0.618. The molecule has 9 aromatic carbocycles. The van der Waals surface area contributed by atoms with E-state index < -0.39 is 0 Å². The second-order valence-corrected chi connectivity index (χ2v) is 15.6. The van der Waals surface area contributed by atoms with E-state index in [1.807, 2.05) is 36.4 Å². The molecule has 290 valence electrons. The van der Waals surface area contributed by atoms with Crippen molar-refractivity contribution in [3.8, 4) is 67.8 Å². The Labute approximate surface area is 358 Å². The van der Waals surface area contributed by atoms with Crippen molar-refractivity contribution in [2.75, 3.05) is 0 Å². The van der Waals surface area contributed by atoms with Gasteiger partial charge in [0, 0.05) is 49.6 Å². The molecular formula is C57H37N5. The van der Waals surface area contributed by atoms with Crippen molar-refractivity contribution in [2.24, 2.45) is 0 Å². The van der Waals surface area contributed by atoms with Crippen LogP contribution in [0.25, 0.3) is 111 Å². The first-order valence-electron chi connectivity index (χ1n) is 20.9. The molecule has 0 radical (unpaired) electrons. The van der Waals surface area contributed by atoms with Gasteiger partial charge in [0.05, 0.1) is 22.1 Å². The highest BCUT2D eigenvalue weighted by Crippen LogP contribution is 2.41. The van der Waals surface area contributed by atoms with Gasteiger partial charge in [-0.05, 0) is 76.9 Å². The Morgan fingerprint density at radius 1 is 0.258 bits per heavy atom. The smallest absolute Gasteiger partial charge is 0.164 e. The Morgan fingerprint density at radius 2 is 0.710 bits per heavy atom. The van der Waals surface area contributed by atoms with E-state index in [0.29, 0.717) is 17.5 Å². The standard InChI is InChI=1S/C57H37N5/c1-4-16-38(17-5-1)39-30-32-41(33-31-39)56-58-55(40-18-6-2-7-19-40)59-57(60-56)43-20-14-23-45(36-43)62-51-28-13-11-25-48(51)54-46(26-15-29-53(54)62)42-34-35-52-49(37-42)47-24-10-12-27-50(47)61(52)44-21-8-3-9-22-44/h1-37H. The second kappa shape index (κ2) is 14.7. The minimum Gasteiger partial charge on any atom is -0.309 e. The van der Waals surface area contributed by atoms with E-state index in [9.17, 15) is 0 Å². The first-order chi connectivity index (χ1) is 30.7. The molecular weight excluding hydrogens is 755 g/mol. The lowest BCUT2D eigenvalue weighted by atomic mass is 9.98. The molecule has 0 saturated heterocycles. The summed E-state index contributed by atoms with van der Waals surface area (Å²) < 4.78 is 4.74. The van der Waals surface area contributed by atoms with Crippen LogP contribution in [0.15, 0.2) is 224 Å². The highest BCUT2D eigenvalue weighted by atomic mass is 15.0. The zero-order valence-electron chi connectivity index (χ0n) is 33.6. The molecule has 0 N–H and O–H groups in total. The van der Waals surface area contributed by atoms with E-state index in [-0.39, 0.29) is 0 Å². The highest BCUT2D eigenvalue weighted by molar-refractivity contribution is 6.17. The van der Waals surface area contributed by atoms with Crippen molar-refractivity contribution in [3.63, 3.8) is 0 Å². The van der Waals surface area contributed by atoms with Crippen LogP contribution in [0.5, 0.6) is 0 Å². The van der Waals surface area contributed by atoms with Crippen LogP contribution in [-0.4, -0.2) is 24.1 Å². The summed E-state index contributed by atoms with van der Waals surface area (Å²) in [5, 5.41) is 4.88. The average Bonchev–Trinajstić information content (AvgIpc) is 3.87. The maximum Gasteiger partial charge on any atom is 0.164 e. The highest BCUT2D eigenvalue weighted by Gasteiger charge is 2.19. The first kappa shape index (κ1) is 35.5. The maximum absolute atomic E-state index is 5.14. The van der Waals surface area contributed by atoms with Crippen LogP contribution in [0.1, 0.15) is 0 Å². The van der Waals surface area contributed by atoms with Gasteiger partial charge in [-0.2, -0.15) is 0 Å². The zero-order chi connectivity index (χ0) is 41.0. The van der Waals surface area contributed by atoms with Gasteiger partial charge in [0.25, 0.3) is 0 Å². The van der Waals surface area contributed by atoms with Crippen LogP contribution in [0.3, 0.4) is 0 Å². The third-order valence-electron chi connectivity index (χ3n) is 12.0. The van der Waals surface area contributed by atoms with Crippen LogP contribution >= 0.6 is 0 Å². The lowest BCUT2D eigenvalue weighted by Crippen LogP contribution is -2.01. The summed E-state index contributed by atoms with van der Waals surface area (Å²) in [7, 11) is 0. The number of para-hydroxylation sites is 3. The molecule has 0 aliphatic heterocycles. The van der Waals surface area contributed by atoms with E-state index in [1.165, 1.54) is 49.3 Å². The molecule has 0 unspecified atom stereocenters.